The second kappa shape index (κ2) is 11.6. The fraction of sp³-hybridized carbons (Fsp3) is 0.455. The van der Waals surface area contributed by atoms with Crippen LogP contribution < -0.4 is 10.4 Å². The minimum Gasteiger partial charge on any atom is -0.369 e. The third-order valence-electron chi connectivity index (χ3n) is 5.29. The zero-order chi connectivity index (χ0) is 21.2. The number of nitrogens with zero attached hydrogens (tertiary/aromatic N) is 3. The van der Waals surface area contributed by atoms with E-state index < -0.39 is 0 Å². The van der Waals surface area contributed by atoms with Crippen LogP contribution in [-0.2, 0) is 11.3 Å². The molecule has 162 valence electrons. The SMILES string of the molecule is O=[N+]([O-])c1cccc(N2CCN(CCCCNOCCc3ccc(F)cc3)CC2)c1. The molecule has 1 fully saturated rings. The summed E-state index contributed by atoms with van der Waals surface area (Å²) < 4.78 is 12.8. The zero-order valence-electron chi connectivity index (χ0n) is 17.1. The minimum atomic E-state index is -0.347. The van der Waals surface area contributed by atoms with E-state index in [0.717, 1.165) is 69.8 Å². The summed E-state index contributed by atoms with van der Waals surface area (Å²) in [6.45, 7) is 6.09. The number of hydroxylamine groups is 1. The first-order valence-electron chi connectivity index (χ1n) is 10.4. The van der Waals surface area contributed by atoms with Crippen molar-refractivity contribution in [2.45, 2.75) is 19.3 Å². The number of nitro groups is 1. The van der Waals surface area contributed by atoms with Crippen molar-refractivity contribution in [2.75, 3.05) is 50.8 Å². The molecule has 8 heteroatoms. The van der Waals surface area contributed by atoms with Crippen molar-refractivity contribution in [3.8, 4) is 0 Å². The summed E-state index contributed by atoms with van der Waals surface area (Å²) in [7, 11) is 0. The molecule has 0 radical (unpaired) electrons. The lowest BCUT2D eigenvalue weighted by molar-refractivity contribution is -0.384. The topological polar surface area (TPSA) is 70.9 Å². The molecule has 0 aromatic heterocycles. The monoisotopic (exact) mass is 416 g/mol. The van der Waals surface area contributed by atoms with Crippen molar-refractivity contribution >= 4 is 11.4 Å². The lowest BCUT2D eigenvalue weighted by atomic mass is 10.2. The van der Waals surface area contributed by atoms with Crippen molar-refractivity contribution in [2.24, 2.45) is 0 Å². The van der Waals surface area contributed by atoms with E-state index in [1.807, 2.05) is 6.07 Å². The molecule has 0 aliphatic carbocycles. The quantitative estimate of drug-likeness (QED) is 0.344. The average molecular weight is 416 g/mol. The fourth-order valence-corrected chi connectivity index (χ4v) is 3.53. The van der Waals surface area contributed by atoms with E-state index in [1.54, 1.807) is 24.3 Å². The number of rotatable bonds is 11. The fourth-order valence-electron chi connectivity index (χ4n) is 3.53. The molecule has 1 aliphatic heterocycles. The van der Waals surface area contributed by atoms with Crippen molar-refractivity contribution in [3.05, 3.63) is 70.0 Å². The van der Waals surface area contributed by atoms with Crippen LogP contribution in [0.3, 0.4) is 0 Å². The predicted molar refractivity (Wildman–Crippen MR) is 115 cm³/mol. The van der Waals surface area contributed by atoms with Crippen LogP contribution in [0.2, 0.25) is 0 Å². The maximum Gasteiger partial charge on any atom is 0.271 e. The molecule has 3 rings (SSSR count). The van der Waals surface area contributed by atoms with Crippen LogP contribution in [0.5, 0.6) is 0 Å². The van der Waals surface area contributed by atoms with Gasteiger partial charge < -0.3 is 9.74 Å². The highest BCUT2D eigenvalue weighted by atomic mass is 19.1. The van der Waals surface area contributed by atoms with Crippen molar-refractivity contribution in [3.63, 3.8) is 0 Å². The first-order chi connectivity index (χ1) is 14.6. The molecule has 1 saturated heterocycles. The zero-order valence-corrected chi connectivity index (χ0v) is 17.1. The van der Waals surface area contributed by atoms with Gasteiger partial charge >= 0.3 is 0 Å². The molecule has 2 aromatic rings. The van der Waals surface area contributed by atoms with Crippen molar-refractivity contribution < 1.29 is 14.2 Å². The van der Waals surface area contributed by atoms with Crippen LogP contribution in [0.4, 0.5) is 15.8 Å². The maximum absolute atomic E-state index is 12.8. The predicted octanol–water partition coefficient (Wildman–Crippen LogP) is 3.40. The van der Waals surface area contributed by atoms with E-state index in [4.69, 9.17) is 4.84 Å². The summed E-state index contributed by atoms with van der Waals surface area (Å²) in [6, 6.07) is 13.3. The van der Waals surface area contributed by atoms with Crippen LogP contribution in [0.15, 0.2) is 48.5 Å². The smallest absolute Gasteiger partial charge is 0.271 e. The summed E-state index contributed by atoms with van der Waals surface area (Å²) in [5.74, 6) is -0.219. The Hall–Kier alpha value is -2.55. The number of nitro benzene ring substituents is 1. The van der Waals surface area contributed by atoms with Crippen LogP contribution >= 0.6 is 0 Å². The lowest BCUT2D eigenvalue weighted by Crippen LogP contribution is -2.46. The molecule has 2 aromatic carbocycles. The summed E-state index contributed by atoms with van der Waals surface area (Å²) in [5.41, 5.74) is 5.11. The number of unbranched alkanes of at least 4 members (excludes halogenated alkanes) is 1. The van der Waals surface area contributed by atoms with Gasteiger partial charge in [0.15, 0.2) is 0 Å². The molecule has 7 nitrogen and oxygen atoms in total. The molecular formula is C22H29FN4O3. The van der Waals surface area contributed by atoms with Crippen LogP contribution in [-0.4, -0.2) is 55.7 Å². The van der Waals surface area contributed by atoms with Crippen LogP contribution in [0.25, 0.3) is 0 Å². The summed E-state index contributed by atoms with van der Waals surface area (Å²) in [6.07, 6.45) is 2.87. The minimum absolute atomic E-state index is 0.141. The molecule has 1 aliphatic rings. The average Bonchev–Trinajstić information content (AvgIpc) is 2.77. The molecule has 1 heterocycles. The Morgan fingerprint density at radius 2 is 1.83 bits per heavy atom. The summed E-state index contributed by atoms with van der Waals surface area (Å²) in [4.78, 5) is 20.7. The summed E-state index contributed by atoms with van der Waals surface area (Å²) >= 11 is 0. The van der Waals surface area contributed by atoms with Crippen LogP contribution in [0.1, 0.15) is 18.4 Å². The number of benzene rings is 2. The standard InChI is InChI=1S/C22H29FN4O3/c23-20-8-6-19(7-9-20)10-17-30-24-11-1-2-12-25-13-15-26(16-14-25)21-4-3-5-22(18-21)27(28)29/h3-9,18,24H,1-2,10-17H2. The third kappa shape index (κ3) is 7.05. The van der Waals surface area contributed by atoms with Gasteiger partial charge in [0, 0.05) is 50.5 Å². The van der Waals surface area contributed by atoms with E-state index in [-0.39, 0.29) is 16.4 Å². The Morgan fingerprint density at radius 1 is 1.07 bits per heavy atom. The Labute approximate surface area is 176 Å². The highest BCUT2D eigenvalue weighted by molar-refractivity contribution is 5.53. The van der Waals surface area contributed by atoms with Gasteiger partial charge in [-0.25, -0.2) is 9.87 Å². The van der Waals surface area contributed by atoms with Gasteiger partial charge in [0.1, 0.15) is 5.82 Å². The number of anilines is 1. The molecule has 0 spiro atoms. The number of halogens is 1. The Bertz CT molecular complexity index is 795. The highest BCUT2D eigenvalue weighted by Crippen LogP contribution is 2.22. The van der Waals surface area contributed by atoms with Gasteiger partial charge in [-0.05, 0) is 49.6 Å². The van der Waals surface area contributed by atoms with Gasteiger partial charge in [-0.15, -0.1) is 0 Å². The van der Waals surface area contributed by atoms with Gasteiger partial charge in [-0.1, -0.05) is 18.2 Å². The first kappa shape index (κ1) is 22.1. The number of piperazine rings is 1. The van der Waals surface area contributed by atoms with Gasteiger partial charge in [0.2, 0.25) is 0 Å². The van der Waals surface area contributed by atoms with E-state index in [9.17, 15) is 14.5 Å². The maximum atomic E-state index is 12.8. The van der Waals surface area contributed by atoms with Gasteiger partial charge in [-0.3, -0.25) is 15.0 Å². The molecule has 0 amide bonds. The lowest BCUT2D eigenvalue weighted by Gasteiger charge is -2.36. The Kier molecular flexibility index (Phi) is 8.55. The van der Waals surface area contributed by atoms with Gasteiger partial charge in [-0.2, -0.15) is 0 Å². The van der Waals surface area contributed by atoms with E-state index >= 15 is 0 Å². The molecule has 0 unspecified atom stereocenters. The molecule has 1 N–H and O–H groups in total. The van der Waals surface area contributed by atoms with Gasteiger partial charge in [0.05, 0.1) is 11.5 Å². The molecule has 0 bridgehead atoms. The highest BCUT2D eigenvalue weighted by Gasteiger charge is 2.18. The van der Waals surface area contributed by atoms with E-state index in [1.165, 1.54) is 18.2 Å². The second-order valence-electron chi connectivity index (χ2n) is 7.43. The largest absolute Gasteiger partial charge is 0.369 e. The number of hydrogen-bond donors (Lipinski definition) is 1. The molecule has 0 atom stereocenters. The first-order valence-corrected chi connectivity index (χ1v) is 10.4. The second-order valence-corrected chi connectivity index (χ2v) is 7.43. The van der Waals surface area contributed by atoms with Crippen molar-refractivity contribution in [1.29, 1.82) is 0 Å². The Balaban J connectivity index is 1.23. The van der Waals surface area contributed by atoms with Crippen LogP contribution in [0, 0.1) is 15.9 Å². The molecule has 0 saturated carbocycles. The van der Waals surface area contributed by atoms with E-state index in [0.29, 0.717) is 6.61 Å². The third-order valence-corrected chi connectivity index (χ3v) is 5.29. The number of hydrogen-bond acceptors (Lipinski definition) is 6. The van der Waals surface area contributed by atoms with Crippen molar-refractivity contribution in [1.82, 2.24) is 10.4 Å². The number of nitrogens with one attached hydrogen (secondary N) is 1. The molecule has 30 heavy (non-hydrogen) atoms. The van der Waals surface area contributed by atoms with Gasteiger partial charge in [0.25, 0.3) is 5.69 Å². The summed E-state index contributed by atoms with van der Waals surface area (Å²) in [5, 5.41) is 10.9. The molecular weight excluding hydrogens is 387 g/mol. The Morgan fingerprint density at radius 3 is 2.57 bits per heavy atom. The van der Waals surface area contributed by atoms with E-state index in [2.05, 4.69) is 15.3 Å². The number of non-ortho nitro benzene ring substituents is 1. The normalized spacial score (nSPS) is 14.8.